The van der Waals surface area contributed by atoms with Gasteiger partial charge < -0.3 is 25.0 Å². The van der Waals surface area contributed by atoms with Crippen LogP contribution in [0.5, 0.6) is 5.88 Å². The summed E-state index contributed by atoms with van der Waals surface area (Å²) in [6.45, 7) is 7.98. The number of carbonyl (C=O) groups excluding carboxylic acids is 2. The predicted molar refractivity (Wildman–Crippen MR) is 135 cm³/mol. The number of likely N-dealkylation sites (N-methyl/N-ethyl adjacent to an activating group) is 1. The second kappa shape index (κ2) is 11.9. The summed E-state index contributed by atoms with van der Waals surface area (Å²) in [7, 11) is 1.63. The van der Waals surface area contributed by atoms with Crippen LogP contribution in [0.2, 0.25) is 0 Å². The Morgan fingerprint density at radius 2 is 2.03 bits per heavy atom. The highest BCUT2D eigenvalue weighted by Crippen LogP contribution is 2.27. The molecule has 192 valence electrons. The lowest BCUT2D eigenvalue weighted by Gasteiger charge is -2.37. The zero-order valence-electron chi connectivity index (χ0n) is 21.3. The van der Waals surface area contributed by atoms with Crippen molar-refractivity contribution in [1.82, 2.24) is 14.8 Å². The zero-order chi connectivity index (χ0) is 26.4. The van der Waals surface area contributed by atoms with Crippen LogP contribution in [-0.2, 0) is 0 Å². The maximum absolute atomic E-state index is 13.4. The van der Waals surface area contributed by atoms with E-state index in [1.807, 2.05) is 20.8 Å². The summed E-state index contributed by atoms with van der Waals surface area (Å²) in [5.41, 5.74) is 1.33. The van der Waals surface area contributed by atoms with Gasteiger partial charge in [-0.15, -0.1) is 0 Å². The molecule has 36 heavy (non-hydrogen) atoms. The van der Waals surface area contributed by atoms with Crippen molar-refractivity contribution in [2.75, 3.05) is 32.1 Å². The number of benzene rings is 1. The first-order valence-electron chi connectivity index (χ1n) is 12.0. The van der Waals surface area contributed by atoms with Crippen molar-refractivity contribution < 1.29 is 23.8 Å². The Morgan fingerprint density at radius 1 is 1.33 bits per heavy atom. The van der Waals surface area contributed by atoms with E-state index >= 15 is 0 Å². The Bertz CT molecular complexity index is 1140. The molecule has 0 bridgehead atoms. The molecule has 0 fully saturated rings. The third-order valence-corrected chi connectivity index (χ3v) is 5.92. The quantitative estimate of drug-likeness (QED) is 0.617. The van der Waals surface area contributed by atoms with E-state index < -0.39 is 12.1 Å². The molecule has 1 aliphatic heterocycles. The summed E-state index contributed by atoms with van der Waals surface area (Å²) in [5.74, 6) is 5.55. The molecule has 1 aromatic carbocycles. The highest BCUT2D eigenvalue weighted by Gasteiger charge is 2.34. The first-order chi connectivity index (χ1) is 17.1. The summed E-state index contributed by atoms with van der Waals surface area (Å²) in [6, 6.07) is 6.36. The summed E-state index contributed by atoms with van der Waals surface area (Å²) in [5, 5.41) is 12.5. The van der Waals surface area contributed by atoms with Crippen molar-refractivity contribution >= 4 is 17.6 Å². The molecule has 2 heterocycles. The fourth-order valence-electron chi connectivity index (χ4n) is 3.72. The first kappa shape index (κ1) is 27.0. The number of hydrogen-bond acceptors (Lipinski definition) is 5. The molecular weight excluding hydrogens is 463 g/mol. The van der Waals surface area contributed by atoms with Gasteiger partial charge in [-0.3, -0.25) is 4.79 Å². The molecule has 3 atom stereocenters. The average molecular weight is 497 g/mol. The minimum atomic E-state index is -0.491. The number of fused-ring (bicyclic) bond motifs is 1. The fourth-order valence-corrected chi connectivity index (χ4v) is 3.72. The monoisotopic (exact) mass is 496 g/mol. The van der Waals surface area contributed by atoms with Crippen LogP contribution in [0.4, 0.5) is 14.9 Å². The van der Waals surface area contributed by atoms with Crippen LogP contribution in [0.1, 0.15) is 43.6 Å². The van der Waals surface area contributed by atoms with Gasteiger partial charge in [0, 0.05) is 42.9 Å². The van der Waals surface area contributed by atoms with Gasteiger partial charge in [-0.1, -0.05) is 32.6 Å². The van der Waals surface area contributed by atoms with Crippen LogP contribution in [0, 0.1) is 29.5 Å². The van der Waals surface area contributed by atoms with E-state index in [1.54, 1.807) is 31.1 Å². The summed E-state index contributed by atoms with van der Waals surface area (Å²) < 4.78 is 19.4. The Balaban J connectivity index is 1.87. The number of hydrogen-bond donors (Lipinski definition) is 2. The van der Waals surface area contributed by atoms with Crippen LogP contribution in [0.25, 0.3) is 0 Å². The van der Waals surface area contributed by atoms with Crippen molar-refractivity contribution in [3.05, 3.63) is 53.5 Å². The highest BCUT2D eigenvalue weighted by atomic mass is 19.1. The third-order valence-electron chi connectivity index (χ3n) is 5.92. The van der Waals surface area contributed by atoms with Gasteiger partial charge in [0.15, 0.2) is 0 Å². The molecule has 3 rings (SSSR count). The lowest BCUT2D eigenvalue weighted by atomic mass is 10.00. The maximum Gasteiger partial charge on any atom is 0.321 e. The standard InChI is InChI=1S/C27H33FN4O4/c1-17(2)6-7-20-12-23-25(29-13-20)36-24(18(3)14-32(26(23)34)19(4)16-33)15-31(5)27(35)30-22-10-8-21(28)9-11-22/h8-13,17-19,24,33H,14-16H2,1-5H3,(H,30,35)/t18-,19-,24+/m1/s1. The Labute approximate surface area is 211 Å². The lowest BCUT2D eigenvalue weighted by Crippen LogP contribution is -2.50. The third kappa shape index (κ3) is 6.73. The van der Waals surface area contributed by atoms with Crippen molar-refractivity contribution in [2.24, 2.45) is 11.8 Å². The van der Waals surface area contributed by atoms with Crippen molar-refractivity contribution in [3.63, 3.8) is 0 Å². The number of urea groups is 1. The van der Waals surface area contributed by atoms with Gasteiger partial charge in [-0.25, -0.2) is 14.2 Å². The van der Waals surface area contributed by atoms with Gasteiger partial charge in [0.1, 0.15) is 17.5 Å². The van der Waals surface area contributed by atoms with Gasteiger partial charge in [-0.2, -0.15) is 0 Å². The molecule has 0 aliphatic carbocycles. The minimum Gasteiger partial charge on any atom is -0.472 e. The number of halogens is 1. The first-order valence-corrected chi connectivity index (χ1v) is 12.0. The Kier molecular flexibility index (Phi) is 8.88. The SMILES string of the molecule is CC(C)C#Cc1cnc2c(c1)C(=O)N([C@H](C)CO)C[C@@H](C)[C@H](CN(C)C(=O)Nc1ccc(F)cc1)O2. The smallest absolute Gasteiger partial charge is 0.321 e. The molecule has 2 aromatic rings. The zero-order valence-corrected chi connectivity index (χ0v) is 21.3. The van der Waals surface area contributed by atoms with E-state index in [2.05, 4.69) is 22.1 Å². The maximum atomic E-state index is 13.4. The molecule has 3 amide bonds. The number of rotatable bonds is 5. The second-order valence-electron chi connectivity index (χ2n) is 9.44. The average Bonchev–Trinajstić information content (AvgIpc) is 2.85. The summed E-state index contributed by atoms with van der Waals surface area (Å²) in [4.78, 5) is 33.7. The number of amides is 3. The number of pyridine rings is 1. The molecule has 0 saturated carbocycles. The fraction of sp³-hybridized carbons (Fsp3) is 0.444. The van der Waals surface area contributed by atoms with Gasteiger partial charge >= 0.3 is 6.03 Å². The topological polar surface area (TPSA) is 95.0 Å². The largest absolute Gasteiger partial charge is 0.472 e. The normalized spacial score (nSPS) is 18.2. The second-order valence-corrected chi connectivity index (χ2v) is 9.44. The number of nitrogens with zero attached hydrogens (tertiary/aromatic N) is 3. The van der Waals surface area contributed by atoms with Crippen molar-refractivity contribution in [2.45, 2.75) is 39.8 Å². The van der Waals surface area contributed by atoms with Crippen LogP contribution in [0.15, 0.2) is 36.5 Å². The number of anilines is 1. The molecule has 0 spiro atoms. The number of nitrogens with one attached hydrogen (secondary N) is 1. The van der Waals surface area contributed by atoms with Gasteiger partial charge in [-0.05, 0) is 37.3 Å². The molecule has 2 N–H and O–H groups in total. The van der Waals surface area contributed by atoms with E-state index in [4.69, 9.17) is 4.74 Å². The van der Waals surface area contributed by atoms with Gasteiger partial charge in [0.05, 0.1) is 19.2 Å². The molecule has 8 nitrogen and oxygen atoms in total. The Hall–Kier alpha value is -3.64. The molecule has 9 heteroatoms. The molecule has 1 aromatic heterocycles. The van der Waals surface area contributed by atoms with E-state index in [1.165, 1.54) is 29.2 Å². The van der Waals surface area contributed by atoms with Gasteiger partial charge in [0.25, 0.3) is 5.91 Å². The number of aromatic nitrogens is 1. The summed E-state index contributed by atoms with van der Waals surface area (Å²) >= 11 is 0. The molecule has 0 radical (unpaired) electrons. The summed E-state index contributed by atoms with van der Waals surface area (Å²) in [6.07, 6.45) is 1.07. The number of ether oxygens (including phenoxy) is 1. The predicted octanol–water partition coefficient (Wildman–Crippen LogP) is 3.61. The van der Waals surface area contributed by atoms with E-state index in [9.17, 15) is 19.1 Å². The number of aliphatic hydroxyl groups excluding tert-OH is 1. The molecule has 0 unspecified atom stereocenters. The highest BCUT2D eigenvalue weighted by molar-refractivity contribution is 5.97. The molecular formula is C27H33FN4O4. The number of carbonyl (C=O) groups is 2. The van der Waals surface area contributed by atoms with Crippen molar-refractivity contribution in [3.8, 4) is 17.7 Å². The minimum absolute atomic E-state index is 0.159. The van der Waals surface area contributed by atoms with Crippen LogP contribution < -0.4 is 10.1 Å². The van der Waals surface area contributed by atoms with Crippen LogP contribution in [-0.4, -0.2) is 70.7 Å². The molecule has 0 saturated heterocycles. The van der Waals surface area contributed by atoms with Crippen LogP contribution in [0.3, 0.4) is 0 Å². The van der Waals surface area contributed by atoms with E-state index in [0.29, 0.717) is 17.8 Å². The van der Waals surface area contributed by atoms with Gasteiger partial charge in [0.2, 0.25) is 5.88 Å². The Morgan fingerprint density at radius 3 is 2.67 bits per heavy atom. The lowest BCUT2D eigenvalue weighted by molar-refractivity contribution is 0.0356. The van der Waals surface area contributed by atoms with Crippen LogP contribution >= 0.6 is 0 Å². The van der Waals surface area contributed by atoms with E-state index in [0.717, 1.165) is 0 Å². The van der Waals surface area contributed by atoms with E-state index in [-0.39, 0.29) is 54.2 Å². The molecule has 1 aliphatic rings. The number of aliphatic hydroxyl groups is 1. The van der Waals surface area contributed by atoms with Crippen molar-refractivity contribution in [1.29, 1.82) is 0 Å².